The molecule has 0 saturated carbocycles. The van der Waals surface area contributed by atoms with Gasteiger partial charge in [0, 0.05) is 30.6 Å². The van der Waals surface area contributed by atoms with E-state index in [-0.39, 0.29) is 23.5 Å². The van der Waals surface area contributed by atoms with Gasteiger partial charge >= 0.3 is 5.97 Å². The monoisotopic (exact) mass is 308 g/mol. The van der Waals surface area contributed by atoms with Gasteiger partial charge in [-0.3, -0.25) is 4.79 Å². The van der Waals surface area contributed by atoms with Gasteiger partial charge in [-0.25, -0.2) is 9.78 Å². The smallest absolute Gasteiger partial charge is 0.371 e. The van der Waals surface area contributed by atoms with E-state index in [0.717, 1.165) is 5.01 Å². The summed E-state index contributed by atoms with van der Waals surface area (Å²) in [6, 6.07) is 2.66. The molecule has 2 rings (SSSR count). The highest BCUT2D eigenvalue weighted by Crippen LogP contribution is 2.14. The number of carbonyl (C=O) groups is 2. The predicted molar refractivity (Wildman–Crippen MR) is 77.7 cm³/mol. The molecule has 0 bridgehead atoms. The van der Waals surface area contributed by atoms with Gasteiger partial charge in [0.2, 0.25) is 5.76 Å². The molecule has 0 radical (unpaired) electrons. The van der Waals surface area contributed by atoms with Gasteiger partial charge in [0.1, 0.15) is 0 Å². The van der Waals surface area contributed by atoms with Crippen molar-refractivity contribution in [3.05, 3.63) is 40.2 Å². The van der Waals surface area contributed by atoms with E-state index in [2.05, 4.69) is 4.98 Å². The molecule has 7 heteroatoms. The quantitative estimate of drug-likeness (QED) is 0.886. The van der Waals surface area contributed by atoms with Crippen molar-refractivity contribution >= 4 is 23.2 Å². The van der Waals surface area contributed by atoms with Crippen LogP contribution >= 0.6 is 11.3 Å². The lowest BCUT2D eigenvalue weighted by Gasteiger charge is -2.25. The second-order valence-corrected chi connectivity index (χ2v) is 5.72. The first-order chi connectivity index (χ1) is 9.99. The van der Waals surface area contributed by atoms with E-state index in [1.807, 2.05) is 19.2 Å². The molecule has 21 heavy (non-hydrogen) atoms. The van der Waals surface area contributed by atoms with Gasteiger partial charge in [0.25, 0.3) is 5.91 Å². The van der Waals surface area contributed by atoms with Crippen LogP contribution in [0.1, 0.15) is 40.0 Å². The van der Waals surface area contributed by atoms with Gasteiger partial charge in [0.15, 0.2) is 5.76 Å². The molecule has 2 heterocycles. The Morgan fingerprint density at radius 1 is 1.38 bits per heavy atom. The number of carboxylic acids is 1. The van der Waals surface area contributed by atoms with Crippen molar-refractivity contribution in [2.24, 2.45) is 0 Å². The van der Waals surface area contributed by atoms with Gasteiger partial charge in [-0.05, 0) is 26.0 Å². The summed E-state index contributed by atoms with van der Waals surface area (Å²) < 4.78 is 5.07. The fourth-order valence-electron chi connectivity index (χ4n) is 1.90. The minimum absolute atomic E-state index is 0.0177. The number of thiazole rings is 1. The molecule has 0 aliphatic rings. The average Bonchev–Trinajstić information content (AvgIpc) is 3.09. The molecule has 0 atom stereocenters. The van der Waals surface area contributed by atoms with Crippen molar-refractivity contribution < 1.29 is 19.1 Å². The molecular formula is C14H16N2O4S. The summed E-state index contributed by atoms with van der Waals surface area (Å²) in [6.07, 6.45) is 2.39. The summed E-state index contributed by atoms with van der Waals surface area (Å²) in [5.74, 6) is -1.69. The zero-order valence-electron chi connectivity index (χ0n) is 11.8. The number of aromatic nitrogens is 1. The number of carbonyl (C=O) groups excluding carboxylic acids is 1. The molecule has 0 aliphatic carbocycles. The minimum Gasteiger partial charge on any atom is -0.475 e. The van der Waals surface area contributed by atoms with Gasteiger partial charge in [-0.2, -0.15) is 0 Å². The standard InChI is InChI=1S/C14H16N2O4S/c1-9(2)16(7-5-12-15-6-8-21-12)13(17)10-3-4-11(20-10)14(18)19/h3-4,6,8-9H,5,7H2,1-2H3,(H,18,19). The van der Waals surface area contributed by atoms with E-state index in [4.69, 9.17) is 9.52 Å². The first-order valence-corrected chi connectivity index (χ1v) is 7.39. The molecule has 0 unspecified atom stereocenters. The Bertz CT molecular complexity index is 619. The van der Waals surface area contributed by atoms with Crippen LogP contribution in [0.15, 0.2) is 28.1 Å². The Labute approximate surface area is 126 Å². The molecule has 0 spiro atoms. The lowest BCUT2D eigenvalue weighted by molar-refractivity contribution is 0.0637. The van der Waals surface area contributed by atoms with Crippen molar-refractivity contribution in [1.82, 2.24) is 9.88 Å². The average molecular weight is 308 g/mol. The van der Waals surface area contributed by atoms with Crippen LogP contribution in [0.3, 0.4) is 0 Å². The van der Waals surface area contributed by atoms with Crippen LogP contribution in [0.4, 0.5) is 0 Å². The maximum Gasteiger partial charge on any atom is 0.371 e. The van der Waals surface area contributed by atoms with Crippen LogP contribution in [0, 0.1) is 0 Å². The van der Waals surface area contributed by atoms with Crippen LogP contribution in [0.2, 0.25) is 0 Å². The summed E-state index contributed by atoms with van der Waals surface area (Å²) in [7, 11) is 0. The van der Waals surface area contributed by atoms with E-state index in [1.165, 1.54) is 12.1 Å². The number of hydrogen-bond acceptors (Lipinski definition) is 5. The van der Waals surface area contributed by atoms with E-state index in [1.54, 1.807) is 22.4 Å². The van der Waals surface area contributed by atoms with Crippen LogP contribution < -0.4 is 0 Å². The molecule has 1 amide bonds. The third kappa shape index (κ3) is 3.69. The lowest BCUT2D eigenvalue weighted by atomic mass is 10.2. The molecule has 0 aromatic carbocycles. The van der Waals surface area contributed by atoms with Gasteiger partial charge in [0.05, 0.1) is 5.01 Å². The summed E-state index contributed by atoms with van der Waals surface area (Å²) in [5, 5.41) is 11.7. The molecule has 2 aromatic rings. The largest absolute Gasteiger partial charge is 0.475 e. The molecule has 1 N–H and O–H groups in total. The number of carboxylic acid groups (broad SMARTS) is 1. The van der Waals surface area contributed by atoms with Crippen molar-refractivity contribution in [3.8, 4) is 0 Å². The summed E-state index contributed by atoms with van der Waals surface area (Å²) >= 11 is 1.54. The Morgan fingerprint density at radius 3 is 2.62 bits per heavy atom. The maximum absolute atomic E-state index is 12.4. The van der Waals surface area contributed by atoms with E-state index in [9.17, 15) is 9.59 Å². The third-order valence-electron chi connectivity index (χ3n) is 2.96. The number of aromatic carboxylic acids is 1. The molecular weight excluding hydrogens is 292 g/mol. The fourth-order valence-corrected chi connectivity index (χ4v) is 2.51. The lowest BCUT2D eigenvalue weighted by Crippen LogP contribution is -2.38. The highest BCUT2D eigenvalue weighted by atomic mass is 32.1. The SMILES string of the molecule is CC(C)N(CCc1nccs1)C(=O)c1ccc(C(=O)O)o1. The summed E-state index contributed by atoms with van der Waals surface area (Å²) in [6.45, 7) is 4.31. The molecule has 0 fully saturated rings. The van der Waals surface area contributed by atoms with Crippen molar-refractivity contribution in [1.29, 1.82) is 0 Å². The fraction of sp³-hybridized carbons (Fsp3) is 0.357. The van der Waals surface area contributed by atoms with Crippen molar-refractivity contribution in [3.63, 3.8) is 0 Å². The zero-order chi connectivity index (χ0) is 15.4. The normalized spacial score (nSPS) is 10.8. The first-order valence-electron chi connectivity index (χ1n) is 6.51. The van der Waals surface area contributed by atoms with Crippen LogP contribution in [-0.2, 0) is 6.42 Å². The number of rotatable bonds is 6. The Hall–Kier alpha value is -2.15. The molecule has 112 valence electrons. The Kier molecular flexibility index (Phi) is 4.74. The van der Waals surface area contributed by atoms with Crippen molar-refractivity contribution in [2.75, 3.05) is 6.54 Å². The van der Waals surface area contributed by atoms with E-state index >= 15 is 0 Å². The maximum atomic E-state index is 12.4. The number of nitrogens with zero attached hydrogens (tertiary/aromatic N) is 2. The number of amides is 1. The highest BCUT2D eigenvalue weighted by molar-refractivity contribution is 7.09. The minimum atomic E-state index is -1.19. The zero-order valence-corrected chi connectivity index (χ0v) is 12.6. The number of furan rings is 1. The summed E-state index contributed by atoms with van der Waals surface area (Å²) in [4.78, 5) is 29.0. The van der Waals surface area contributed by atoms with Gasteiger partial charge < -0.3 is 14.4 Å². The first kappa shape index (κ1) is 15.2. The summed E-state index contributed by atoms with van der Waals surface area (Å²) in [5.41, 5.74) is 0. The second-order valence-electron chi connectivity index (χ2n) is 4.74. The Morgan fingerprint density at radius 2 is 2.10 bits per heavy atom. The third-order valence-corrected chi connectivity index (χ3v) is 3.80. The second kappa shape index (κ2) is 6.53. The van der Waals surface area contributed by atoms with Gasteiger partial charge in [-0.15, -0.1) is 11.3 Å². The predicted octanol–water partition coefficient (Wildman–Crippen LogP) is 2.53. The molecule has 0 saturated heterocycles. The van der Waals surface area contributed by atoms with Crippen LogP contribution in [-0.4, -0.2) is 39.5 Å². The molecule has 0 aliphatic heterocycles. The van der Waals surface area contributed by atoms with Crippen LogP contribution in [0.25, 0.3) is 0 Å². The van der Waals surface area contributed by atoms with E-state index in [0.29, 0.717) is 13.0 Å². The van der Waals surface area contributed by atoms with Crippen LogP contribution in [0.5, 0.6) is 0 Å². The molecule has 6 nitrogen and oxygen atoms in total. The topological polar surface area (TPSA) is 83.6 Å². The highest BCUT2D eigenvalue weighted by Gasteiger charge is 2.23. The molecule has 2 aromatic heterocycles. The Balaban J connectivity index is 2.09. The van der Waals surface area contributed by atoms with Crippen molar-refractivity contribution in [2.45, 2.75) is 26.3 Å². The number of hydrogen-bond donors (Lipinski definition) is 1. The van der Waals surface area contributed by atoms with Gasteiger partial charge in [-0.1, -0.05) is 0 Å². The van der Waals surface area contributed by atoms with E-state index < -0.39 is 5.97 Å².